The fraction of sp³-hybridized carbons (Fsp3) is 0.500. The molecular formula is C6H11ClN2. The SMILES string of the molecule is CN=C/C(Cl)=C(/C)NC. The Kier molecular flexibility index (Phi) is 4.14. The summed E-state index contributed by atoms with van der Waals surface area (Å²) in [5.41, 5.74) is 0.933. The number of halogens is 1. The highest BCUT2D eigenvalue weighted by Gasteiger charge is 1.89. The van der Waals surface area contributed by atoms with Crippen LogP contribution in [0, 0.1) is 0 Å². The predicted octanol–water partition coefficient (Wildman–Crippen LogP) is 1.38. The maximum Gasteiger partial charge on any atom is 0.0770 e. The van der Waals surface area contributed by atoms with Crippen molar-refractivity contribution in [3.05, 3.63) is 10.7 Å². The Morgan fingerprint density at radius 3 is 2.56 bits per heavy atom. The van der Waals surface area contributed by atoms with Gasteiger partial charge in [0.15, 0.2) is 0 Å². The summed E-state index contributed by atoms with van der Waals surface area (Å²) in [6.45, 7) is 1.89. The fourth-order valence-electron chi connectivity index (χ4n) is 0.330. The molecule has 0 rings (SSSR count). The van der Waals surface area contributed by atoms with E-state index in [1.165, 1.54) is 0 Å². The average Bonchev–Trinajstić information content (AvgIpc) is 1.87. The molecule has 0 aromatic carbocycles. The van der Waals surface area contributed by atoms with Crippen LogP contribution in [0.3, 0.4) is 0 Å². The van der Waals surface area contributed by atoms with Gasteiger partial charge in [-0.05, 0) is 6.92 Å². The molecule has 0 heterocycles. The maximum atomic E-state index is 5.70. The van der Waals surface area contributed by atoms with Gasteiger partial charge in [0.1, 0.15) is 0 Å². The molecule has 1 N–H and O–H groups in total. The Balaban J connectivity index is 4.10. The van der Waals surface area contributed by atoms with Crippen LogP contribution in [0.4, 0.5) is 0 Å². The first-order chi connectivity index (χ1) is 4.22. The van der Waals surface area contributed by atoms with Crippen LogP contribution in [0.5, 0.6) is 0 Å². The largest absolute Gasteiger partial charge is 0.390 e. The second kappa shape index (κ2) is 4.39. The van der Waals surface area contributed by atoms with E-state index < -0.39 is 0 Å². The maximum absolute atomic E-state index is 5.70. The van der Waals surface area contributed by atoms with Crippen LogP contribution >= 0.6 is 11.6 Å². The molecule has 9 heavy (non-hydrogen) atoms. The van der Waals surface area contributed by atoms with Crippen molar-refractivity contribution in [2.75, 3.05) is 14.1 Å². The van der Waals surface area contributed by atoms with E-state index in [1.54, 1.807) is 13.3 Å². The molecule has 0 bridgehead atoms. The van der Waals surface area contributed by atoms with E-state index in [-0.39, 0.29) is 0 Å². The summed E-state index contributed by atoms with van der Waals surface area (Å²) in [5, 5.41) is 3.56. The topological polar surface area (TPSA) is 24.4 Å². The Hall–Kier alpha value is -0.500. The molecule has 0 aliphatic rings. The molecule has 0 spiro atoms. The van der Waals surface area contributed by atoms with Gasteiger partial charge in [-0.1, -0.05) is 11.6 Å². The van der Waals surface area contributed by atoms with Gasteiger partial charge in [0.05, 0.1) is 5.03 Å². The average molecular weight is 147 g/mol. The highest BCUT2D eigenvalue weighted by atomic mass is 35.5. The van der Waals surface area contributed by atoms with E-state index in [2.05, 4.69) is 10.3 Å². The van der Waals surface area contributed by atoms with Crippen LogP contribution < -0.4 is 5.32 Å². The van der Waals surface area contributed by atoms with Crippen LogP contribution in [0.25, 0.3) is 0 Å². The molecule has 0 atom stereocenters. The minimum atomic E-state index is 0.653. The molecule has 2 nitrogen and oxygen atoms in total. The Morgan fingerprint density at radius 1 is 1.67 bits per heavy atom. The summed E-state index contributed by atoms with van der Waals surface area (Å²) in [6, 6.07) is 0. The number of nitrogens with one attached hydrogen (secondary N) is 1. The quantitative estimate of drug-likeness (QED) is 0.585. The van der Waals surface area contributed by atoms with Gasteiger partial charge in [-0.25, -0.2) is 0 Å². The summed E-state index contributed by atoms with van der Waals surface area (Å²) < 4.78 is 0. The van der Waals surface area contributed by atoms with Crippen molar-refractivity contribution in [1.29, 1.82) is 0 Å². The second-order valence-corrected chi connectivity index (χ2v) is 2.02. The minimum Gasteiger partial charge on any atom is -0.390 e. The zero-order valence-electron chi connectivity index (χ0n) is 5.90. The Morgan fingerprint density at radius 2 is 2.22 bits per heavy atom. The summed E-state index contributed by atoms with van der Waals surface area (Å²) in [5.74, 6) is 0. The van der Waals surface area contributed by atoms with E-state index in [4.69, 9.17) is 11.6 Å². The molecule has 0 amide bonds. The number of rotatable bonds is 2. The second-order valence-electron chi connectivity index (χ2n) is 1.61. The summed E-state index contributed by atoms with van der Waals surface area (Å²) in [4.78, 5) is 3.75. The number of hydrogen-bond acceptors (Lipinski definition) is 2. The first kappa shape index (κ1) is 8.50. The Bertz CT molecular complexity index is 138. The molecule has 0 saturated heterocycles. The van der Waals surface area contributed by atoms with E-state index >= 15 is 0 Å². The lowest BCUT2D eigenvalue weighted by Crippen LogP contribution is -2.03. The lowest BCUT2D eigenvalue weighted by molar-refractivity contribution is 0.989. The van der Waals surface area contributed by atoms with Crippen LogP contribution in [-0.4, -0.2) is 20.3 Å². The fourth-order valence-corrected chi connectivity index (χ4v) is 0.522. The van der Waals surface area contributed by atoms with Crippen molar-refractivity contribution in [2.45, 2.75) is 6.92 Å². The van der Waals surface area contributed by atoms with Crippen molar-refractivity contribution >= 4 is 17.8 Å². The van der Waals surface area contributed by atoms with Gasteiger partial charge in [-0.2, -0.15) is 0 Å². The van der Waals surface area contributed by atoms with Gasteiger partial charge in [0.2, 0.25) is 0 Å². The first-order valence-electron chi connectivity index (χ1n) is 2.68. The monoisotopic (exact) mass is 146 g/mol. The molecule has 0 fully saturated rings. The molecule has 52 valence electrons. The van der Waals surface area contributed by atoms with Crippen molar-refractivity contribution in [1.82, 2.24) is 5.32 Å². The van der Waals surface area contributed by atoms with E-state index in [9.17, 15) is 0 Å². The van der Waals surface area contributed by atoms with Crippen LogP contribution in [0.15, 0.2) is 15.7 Å². The number of hydrogen-bond donors (Lipinski definition) is 1. The molecule has 0 unspecified atom stereocenters. The third-order valence-corrected chi connectivity index (χ3v) is 1.36. The van der Waals surface area contributed by atoms with Crippen LogP contribution in [0.1, 0.15) is 6.92 Å². The van der Waals surface area contributed by atoms with Gasteiger partial charge in [0.25, 0.3) is 0 Å². The smallest absolute Gasteiger partial charge is 0.0770 e. The van der Waals surface area contributed by atoms with Gasteiger partial charge < -0.3 is 5.32 Å². The molecule has 0 radical (unpaired) electrons. The summed E-state index contributed by atoms with van der Waals surface area (Å²) >= 11 is 5.70. The molecule has 3 heteroatoms. The molecule has 0 aliphatic heterocycles. The minimum absolute atomic E-state index is 0.653. The standard InChI is InChI=1S/C6H11ClN2/c1-5(9-3)6(7)4-8-2/h4,9H,1-3H3/b6-5+,8-4?. The third-order valence-electron chi connectivity index (χ3n) is 0.976. The lowest BCUT2D eigenvalue weighted by atomic mass is 10.4. The highest BCUT2D eigenvalue weighted by Crippen LogP contribution is 2.01. The molecule has 0 saturated carbocycles. The van der Waals surface area contributed by atoms with Crippen LogP contribution in [-0.2, 0) is 0 Å². The van der Waals surface area contributed by atoms with Gasteiger partial charge in [0, 0.05) is 26.0 Å². The number of nitrogens with zero attached hydrogens (tertiary/aromatic N) is 1. The molecule has 0 aromatic heterocycles. The lowest BCUT2D eigenvalue weighted by Gasteiger charge is -1.97. The summed E-state index contributed by atoms with van der Waals surface area (Å²) in [7, 11) is 3.51. The third kappa shape index (κ3) is 3.14. The predicted molar refractivity (Wildman–Crippen MR) is 42.0 cm³/mol. The van der Waals surface area contributed by atoms with Crippen molar-refractivity contribution in [2.24, 2.45) is 4.99 Å². The van der Waals surface area contributed by atoms with Crippen molar-refractivity contribution < 1.29 is 0 Å². The number of allylic oxidation sites excluding steroid dienone is 2. The molecule has 0 aliphatic carbocycles. The highest BCUT2D eigenvalue weighted by molar-refractivity contribution is 6.39. The number of aliphatic imine (C=N–C) groups is 1. The molecule has 0 aromatic rings. The van der Waals surface area contributed by atoms with Crippen LogP contribution in [0.2, 0.25) is 0 Å². The molecular weight excluding hydrogens is 136 g/mol. The van der Waals surface area contributed by atoms with Crippen molar-refractivity contribution in [3.63, 3.8) is 0 Å². The van der Waals surface area contributed by atoms with E-state index in [0.29, 0.717) is 5.03 Å². The zero-order chi connectivity index (χ0) is 7.28. The van der Waals surface area contributed by atoms with E-state index in [1.807, 2.05) is 14.0 Å². The first-order valence-corrected chi connectivity index (χ1v) is 3.06. The van der Waals surface area contributed by atoms with Gasteiger partial charge in [-0.3, -0.25) is 4.99 Å². The Labute approximate surface area is 60.6 Å². The van der Waals surface area contributed by atoms with Gasteiger partial charge >= 0.3 is 0 Å². The zero-order valence-corrected chi connectivity index (χ0v) is 6.66. The van der Waals surface area contributed by atoms with Crippen molar-refractivity contribution in [3.8, 4) is 0 Å². The normalized spacial score (nSPS) is 13.8. The summed E-state index contributed by atoms with van der Waals surface area (Å²) in [6.07, 6.45) is 1.60. The van der Waals surface area contributed by atoms with E-state index in [0.717, 1.165) is 5.70 Å². The van der Waals surface area contributed by atoms with Gasteiger partial charge in [-0.15, -0.1) is 0 Å².